The summed E-state index contributed by atoms with van der Waals surface area (Å²) in [5, 5.41) is 9.88. The number of pyridine rings is 1. The molecule has 8 nitrogen and oxygen atoms in total. The zero-order chi connectivity index (χ0) is 21.1. The van der Waals surface area contributed by atoms with Crippen LogP contribution in [-0.4, -0.2) is 33.1 Å². The summed E-state index contributed by atoms with van der Waals surface area (Å²) >= 11 is 0. The number of carbonyl (C=O) groups is 2. The van der Waals surface area contributed by atoms with Crippen LogP contribution in [0.3, 0.4) is 0 Å². The van der Waals surface area contributed by atoms with Crippen molar-refractivity contribution in [3.63, 3.8) is 0 Å². The SMILES string of the molecule is CC(C)CCn1c(-c2cc(=O)c(C(=O)O)c[nH]2)cc2c(OCC(N)=O)cccc21. The predicted octanol–water partition coefficient (Wildman–Crippen LogP) is 2.61. The van der Waals surface area contributed by atoms with Gasteiger partial charge in [-0.05, 0) is 30.5 Å². The second kappa shape index (κ2) is 8.22. The molecule has 0 spiro atoms. The molecule has 0 aliphatic heterocycles. The molecule has 0 aliphatic rings. The van der Waals surface area contributed by atoms with E-state index in [0.29, 0.717) is 23.9 Å². The zero-order valence-corrected chi connectivity index (χ0v) is 16.3. The van der Waals surface area contributed by atoms with E-state index in [9.17, 15) is 14.4 Å². The van der Waals surface area contributed by atoms with Crippen LogP contribution in [0.25, 0.3) is 22.3 Å². The number of hydrogen-bond acceptors (Lipinski definition) is 4. The summed E-state index contributed by atoms with van der Waals surface area (Å²) in [6, 6.07) is 8.65. The molecule has 3 aromatic rings. The molecule has 1 aromatic carbocycles. The molecule has 1 amide bonds. The average molecular weight is 397 g/mol. The van der Waals surface area contributed by atoms with Crippen molar-refractivity contribution >= 4 is 22.8 Å². The number of H-pyrrole nitrogens is 1. The van der Waals surface area contributed by atoms with Gasteiger partial charge in [0.05, 0.1) is 16.9 Å². The molecule has 29 heavy (non-hydrogen) atoms. The normalized spacial score (nSPS) is 11.1. The van der Waals surface area contributed by atoms with Crippen LogP contribution >= 0.6 is 0 Å². The van der Waals surface area contributed by atoms with Gasteiger partial charge in [0.25, 0.3) is 5.91 Å². The number of benzene rings is 1. The Bertz CT molecular complexity index is 1130. The lowest BCUT2D eigenvalue weighted by molar-refractivity contribution is -0.119. The number of nitrogens with one attached hydrogen (secondary N) is 1. The van der Waals surface area contributed by atoms with Gasteiger partial charge < -0.3 is 25.1 Å². The Hall–Kier alpha value is -3.55. The van der Waals surface area contributed by atoms with Gasteiger partial charge in [0, 0.05) is 24.2 Å². The van der Waals surface area contributed by atoms with Gasteiger partial charge >= 0.3 is 5.97 Å². The number of carboxylic acid groups (broad SMARTS) is 1. The number of carboxylic acids is 1. The van der Waals surface area contributed by atoms with E-state index in [-0.39, 0.29) is 12.2 Å². The first-order valence-electron chi connectivity index (χ1n) is 9.27. The highest BCUT2D eigenvalue weighted by Crippen LogP contribution is 2.33. The number of ether oxygens (including phenoxy) is 1. The summed E-state index contributed by atoms with van der Waals surface area (Å²) in [6.45, 7) is 4.70. The van der Waals surface area contributed by atoms with Crippen molar-refractivity contribution in [2.45, 2.75) is 26.8 Å². The number of hydrogen-bond donors (Lipinski definition) is 3. The molecule has 0 aliphatic carbocycles. The van der Waals surface area contributed by atoms with Crippen LogP contribution in [0.4, 0.5) is 0 Å². The summed E-state index contributed by atoms with van der Waals surface area (Å²) in [5.74, 6) is -0.881. The van der Waals surface area contributed by atoms with Crippen LogP contribution < -0.4 is 15.9 Å². The number of nitrogens with two attached hydrogens (primary N) is 1. The lowest BCUT2D eigenvalue weighted by Gasteiger charge is -2.13. The maximum absolute atomic E-state index is 12.2. The zero-order valence-electron chi connectivity index (χ0n) is 16.3. The molecular formula is C21H23N3O5. The molecule has 0 bridgehead atoms. The number of aromatic amines is 1. The lowest BCUT2D eigenvalue weighted by Crippen LogP contribution is -2.20. The van der Waals surface area contributed by atoms with E-state index in [2.05, 4.69) is 23.4 Å². The molecule has 2 aromatic heterocycles. The third-order valence-electron chi connectivity index (χ3n) is 4.62. The summed E-state index contributed by atoms with van der Waals surface area (Å²) in [4.78, 5) is 37.4. The standard InChI is InChI=1S/C21H23N3O5/c1-12(2)6-7-24-16-4-3-5-19(29-11-20(22)26)13(16)8-17(24)15-9-18(25)14(10-23-15)21(27)28/h3-5,8-10,12H,6-7,11H2,1-2H3,(H2,22,26)(H,23,25)(H,27,28). The van der Waals surface area contributed by atoms with Gasteiger partial charge in [-0.25, -0.2) is 4.79 Å². The minimum atomic E-state index is -1.28. The molecule has 152 valence electrons. The lowest BCUT2D eigenvalue weighted by atomic mass is 10.1. The minimum absolute atomic E-state index is 0.240. The van der Waals surface area contributed by atoms with Gasteiger partial charge in [-0.3, -0.25) is 9.59 Å². The molecule has 0 radical (unpaired) electrons. The minimum Gasteiger partial charge on any atom is -0.483 e. The molecular weight excluding hydrogens is 374 g/mol. The van der Waals surface area contributed by atoms with Crippen LogP contribution in [-0.2, 0) is 11.3 Å². The maximum atomic E-state index is 12.2. The number of fused-ring (bicyclic) bond motifs is 1. The number of aryl methyl sites for hydroxylation is 1. The van der Waals surface area contributed by atoms with Crippen molar-refractivity contribution in [2.24, 2.45) is 11.7 Å². The number of amides is 1. The first-order chi connectivity index (χ1) is 13.8. The molecule has 3 rings (SSSR count). The fraction of sp³-hybridized carbons (Fsp3) is 0.286. The van der Waals surface area contributed by atoms with Gasteiger partial charge in [-0.15, -0.1) is 0 Å². The van der Waals surface area contributed by atoms with E-state index in [1.807, 2.05) is 18.2 Å². The van der Waals surface area contributed by atoms with Crippen LogP contribution in [0.2, 0.25) is 0 Å². The van der Waals surface area contributed by atoms with Crippen molar-refractivity contribution in [1.29, 1.82) is 0 Å². The average Bonchev–Trinajstić information content (AvgIpc) is 3.03. The topological polar surface area (TPSA) is 127 Å². The molecule has 0 unspecified atom stereocenters. The highest BCUT2D eigenvalue weighted by atomic mass is 16.5. The number of rotatable bonds is 8. The van der Waals surface area contributed by atoms with Crippen molar-refractivity contribution in [1.82, 2.24) is 9.55 Å². The smallest absolute Gasteiger partial charge is 0.341 e. The second-order valence-electron chi connectivity index (χ2n) is 7.24. The predicted molar refractivity (Wildman–Crippen MR) is 109 cm³/mol. The Morgan fingerprint density at radius 1 is 1.28 bits per heavy atom. The maximum Gasteiger partial charge on any atom is 0.341 e. The van der Waals surface area contributed by atoms with Gasteiger partial charge in [0.1, 0.15) is 11.3 Å². The Balaban J connectivity index is 2.16. The van der Waals surface area contributed by atoms with Crippen molar-refractivity contribution in [2.75, 3.05) is 6.61 Å². The van der Waals surface area contributed by atoms with Crippen LogP contribution in [0.5, 0.6) is 5.75 Å². The second-order valence-corrected chi connectivity index (χ2v) is 7.24. The summed E-state index contributed by atoms with van der Waals surface area (Å²) in [7, 11) is 0. The molecule has 0 atom stereocenters. The van der Waals surface area contributed by atoms with E-state index in [4.69, 9.17) is 15.6 Å². The molecule has 0 fully saturated rings. The first-order valence-corrected chi connectivity index (χ1v) is 9.27. The van der Waals surface area contributed by atoms with E-state index in [1.165, 1.54) is 12.3 Å². The van der Waals surface area contributed by atoms with Gasteiger partial charge in [0.2, 0.25) is 0 Å². The highest BCUT2D eigenvalue weighted by Gasteiger charge is 2.17. The number of nitrogens with zero attached hydrogens (tertiary/aromatic N) is 1. The molecule has 0 saturated heterocycles. The Morgan fingerprint density at radius 3 is 2.66 bits per heavy atom. The fourth-order valence-corrected chi connectivity index (χ4v) is 3.17. The summed E-state index contributed by atoms with van der Waals surface area (Å²) in [6.07, 6.45) is 2.11. The quantitative estimate of drug-likeness (QED) is 0.538. The fourth-order valence-electron chi connectivity index (χ4n) is 3.17. The van der Waals surface area contributed by atoms with Gasteiger partial charge in [-0.1, -0.05) is 19.9 Å². The van der Waals surface area contributed by atoms with E-state index >= 15 is 0 Å². The van der Waals surface area contributed by atoms with E-state index in [1.54, 1.807) is 6.07 Å². The van der Waals surface area contributed by atoms with Gasteiger partial charge in [0.15, 0.2) is 12.0 Å². The van der Waals surface area contributed by atoms with E-state index in [0.717, 1.165) is 23.0 Å². The largest absolute Gasteiger partial charge is 0.483 e. The number of aromatic carboxylic acids is 1. The van der Waals surface area contributed by atoms with Crippen LogP contribution in [0.1, 0.15) is 30.6 Å². The van der Waals surface area contributed by atoms with E-state index < -0.39 is 17.3 Å². The van der Waals surface area contributed by atoms with Crippen LogP contribution in [0, 0.1) is 5.92 Å². The van der Waals surface area contributed by atoms with Crippen molar-refractivity contribution < 1.29 is 19.4 Å². The summed E-state index contributed by atoms with van der Waals surface area (Å²) < 4.78 is 7.60. The van der Waals surface area contributed by atoms with Crippen molar-refractivity contribution in [3.05, 3.63) is 52.3 Å². The Labute approximate surface area is 166 Å². The summed E-state index contributed by atoms with van der Waals surface area (Å²) in [5.41, 5.74) is 6.41. The van der Waals surface area contributed by atoms with Crippen molar-refractivity contribution in [3.8, 4) is 17.1 Å². The third-order valence-corrected chi connectivity index (χ3v) is 4.62. The molecule has 4 N–H and O–H groups in total. The van der Waals surface area contributed by atoms with Crippen LogP contribution in [0.15, 0.2) is 41.3 Å². The van der Waals surface area contributed by atoms with Gasteiger partial charge in [-0.2, -0.15) is 0 Å². The third kappa shape index (κ3) is 4.31. The Morgan fingerprint density at radius 2 is 2.03 bits per heavy atom. The number of primary amides is 1. The highest BCUT2D eigenvalue weighted by molar-refractivity contribution is 5.92. The molecule has 8 heteroatoms. The number of aromatic nitrogens is 2. The molecule has 0 saturated carbocycles. The molecule has 2 heterocycles. The first kappa shape index (κ1) is 20.2. The number of carbonyl (C=O) groups excluding carboxylic acids is 1. The Kier molecular flexibility index (Phi) is 5.72. The monoisotopic (exact) mass is 397 g/mol.